The van der Waals surface area contributed by atoms with Crippen LogP contribution in [0.5, 0.6) is 11.5 Å². The number of sulfonamides is 1. The highest BCUT2D eigenvalue weighted by Crippen LogP contribution is 2.36. The maximum atomic E-state index is 12.4. The molecule has 0 heterocycles. The molecular weight excluding hydrogens is 340 g/mol. The van der Waals surface area contributed by atoms with Crippen molar-refractivity contribution in [3.63, 3.8) is 0 Å². The normalized spacial score (nSPS) is 10.7. The molecule has 0 aromatic heterocycles. The Morgan fingerprint density at radius 3 is 2.39 bits per heavy atom. The minimum atomic E-state index is -3.89. The predicted molar refractivity (Wildman–Crippen MR) is 86.5 cm³/mol. The van der Waals surface area contributed by atoms with E-state index in [0.29, 0.717) is 11.5 Å². The van der Waals surface area contributed by atoms with Crippen LogP contribution in [0.2, 0.25) is 5.02 Å². The van der Waals surface area contributed by atoms with Crippen molar-refractivity contribution >= 4 is 27.3 Å². The van der Waals surface area contributed by atoms with Crippen molar-refractivity contribution in [2.75, 3.05) is 18.9 Å². The average molecular weight is 353 g/mol. The lowest BCUT2D eigenvalue weighted by atomic mass is 10.2. The first-order valence-electron chi connectivity index (χ1n) is 6.35. The van der Waals surface area contributed by atoms with Gasteiger partial charge in [-0.2, -0.15) is 5.26 Å². The fraction of sp³-hybridized carbons (Fsp3) is 0.133. The summed E-state index contributed by atoms with van der Waals surface area (Å²) in [6.07, 6.45) is 0. The van der Waals surface area contributed by atoms with Crippen molar-refractivity contribution in [1.29, 1.82) is 5.26 Å². The lowest BCUT2D eigenvalue weighted by Gasteiger charge is -2.13. The molecule has 2 rings (SSSR count). The molecule has 0 aliphatic rings. The van der Waals surface area contributed by atoms with Crippen LogP contribution in [-0.4, -0.2) is 22.6 Å². The van der Waals surface area contributed by atoms with Gasteiger partial charge in [-0.15, -0.1) is 0 Å². The molecule has 0 aliphatic heterocycles. The van der Waals surface area contributed by atoms with Crippen LogP contribution in [0.3, 0.4) is 0 Å². The van der Waals surface area contributed by atoms with E-state index >= 15 is 0 Å². The summed E-state index contributed by atoms with van der Waals surface area (Å²) in [5.74, 6) is 0.715. The standard InChI is InChI=1S/C15H13ClN2O4S/c1-21-14-7-12(16)13(8-15(14)22-2)18-23(19,20)11-5-3-4-10(6-11)9-17/h3-8,18H,1-2H3. The van der Waals surface area contributed by atoms with Gasteiger partial charge in [0.05, 0.1) is 41.5 Å². The Labute approximate surface area is 139 Å². The van der Waals surface area contributed by atoms with Gasteiger partial charge in [-0.1, -0.05) is 17.7 Å². The number of hydrogen-bond acceptors (Lipinski definition) is 5. The van der Waals surface area contributed by atoms with Crippen molar-refractivity contribution in [3.8, 4) is 17.6 Å². The van der Waals surface area contributed by atoms with Gasteiger partial charge in [-0.05, 0) is 18.2 Å². The fourth-order valence-electron chi connectivity index (χ4n) is 1.87. The molecule has 0 unspecified atom stereocenters. The second kappa shape index (κ2) is 6.77. The van der Waals surface area contributed by atoms with E-state index in [1.807, 2.05) is 6.07 Å². The number of methoxy groups -OCH3 is 2. The Balaban J connectivity index is 2.43. The van der Waals surface area contributed by atoms with E-state index in [1.54, 1.807) is 0 Å². The number of nitrogens with one attached hydrogen (secondary N) is 1. The summed E-state index contributed by atoms with van der Waals surface area (Å²) in [7, 11) is -1.01. The van der Waals surface area contributed by atoms with Gasteiger partial charge >= 0.3 is 0 Å². The van der Waals surface area contributed by atoms with E-state index in [-0.39, 0.29) is 21.2 Å². The van der Waals surface area contributed by atoms with Gasteiger partial charge in [-0.3, -0.25) is 4.72 Å². The number of halogens is 1. The first-order chi connectivity index (χ1) is 10.9. The maximum Gasteiger partial charge on any atom is 0.261 e. The Hall–Kier alpha value is -2.43. The topological polar surface area (TPSA) is 88.4 Å². The highest BCUT2D eigenvalue weighted by Gasteiger charge is 2.18. The van der Waals surface area contributed by atoms with Crippen LogP contribution in [-0.2, 0) is 10.0 Å². The number of rotatable bonds is 5. The summed E-state index contributed by atoms with van der Waals surface area (Å²) in [4.78, 5) is -0.0394. The van der Waals surface area contributed by atoms with Crippen LogP contribution in [0, 0.1) is 11.3 Å². The third-order valence-electron chi connectivity index (χ3n) is 2.99. The van der Waals surface area contributed by atoms with Crippen LogP contribution >= 0.6 is 11.6 Å². The second-order valence-electron chi connectivity index (χ2n) is 4.43. The molecule has 6 nitrogen and oxygen atoms in total. The van der Waals surface area contributed by atoms with E-state index in [2.05, 4.69) is 4.72 Å². The molecule has 0 saturated heterocycles. The summed E-state index contributed by atoms with van der Waals surface area (Å²) in [6.45, 7) is 0. The zero-order valence-corrected chi connectivity index (χ0v) is 13.9. The molecule has 23 heavy (non-hydrogen) atoms. The summed E-state index contributed by atoms with van der Waals surface area (Å²) < 4.78 is 37.4. The van der Waals surface area contributed by atoms with Crippen LogP contribution in [0.4, 0.5) is 5.69 Å². The zero-order chi connectivity index (χ0) is 17.0. The Kier molecular flexibility index (Phi) is 4.98. The van der Waals surface area contributed by atoms with E-state index in [1.165, 1.54) is 50.6 Å². The number of nitriles is 1. The molecule has 2 aromatic carbocycles. The monoisotopic (exact) mass is 352 g/mol. The SMILES string of the molecule is COc1cc(Cl)c(NS(=O)(=O)c2cccc(C#N)c2)cc1OC. The summed E-state index contributed by atoms with van der Waals surface area (Å²) >= 11 is 6.07. The largest absolute Gasteiger partial charge is 0.493 e. The van der Waals surface area contributed by atoms with Crippen LogP contribution in [0.1, 0.15) is 5.56 Å². The third-order valence-corrected chi connectivity index (χ3v) is 4.67. The van der Waals surface area contributed by atoms with Crippen molar-refractivity contribution in [3.05, 3.63) is 47.0 Å². The number of ether oxygens (including phenoxy) is 2. The predicted octanol–water partition coefficient (Wildman–Crippen LogP) is 3.03. The van der Waals surface area contributed by atoms with E-state index in [9.17, 15) is 8.42 Å². The fourth-order valence-corrected chi connectivity index (χ4v) is 3.24. The summed E-state index contributed by atoms with van der Waals surface area (Å²) in [5.41, 5.74) is 0.387. The first-order valence-corrected chi connectivity index (χ1v) is 8.22. The molecule has 0 atom stereocenters. The van der Waals surface area contributed by atoms with Crippen molar-refractivity contribution < 1.29 is 17.9 Å². The third kappa shape index (κ3) is 3.67. The quantitative estimate of drug-likeness (QED) is 0.893. The minimum Gasteiger partial charge on any atom is -0.493 e. The zero-order valence-electron chi connectivity index (χ0n) is 12.3. The van der Waals surface area contributed by atoms with Gasteiger partial charge in [0.15, 0.2) is 11.5 Å². The van der Waals surface area contributed by atoms with E-state index in [4.69, 9.17) is 26.3 Å². The summed E-state index contributed by atoms with van der Waals surface area (Å²) in [6, 6.07) is 10.4. The molecule has 0 saturated carbocycles. The molecule has 0 aliphatic carbocycles. The minimum absolute atomic E-state index is 0.0394. The lowest BCUT2D eigenvalue weighted by molar-refractivity contribution is 0.355. The number of benzene rings is 2. The number of anilines is 1. The van der Waals surface area contributed by atoms with Gasteiger partial charge in [0, 0.05) is 12.1 Å². The summed E-state index contributed by atoms with van der Waals surface area (Å²) in [5, 5.41) is 9.03. The molecular formula is C15H13ClN2O4S. The number of nitrogens with zero attached hydrogens (tertiary/aromatic N) is 1. The molecule has 1 N–H and O–H groups in total. The van der Waals surface area contributed by atoms with Crippen LogP contribution in [0.15, 0.2) is 41.3 Å². The van der Waals surface area contributed by atoms with Gasteiger partial charge in [0.1, 0.15) is 0 Å². The molecule has 120 valence electrons. The van der Waals surface area contributed by atoms with Gasteiger partial charge in [0.25, 0.3) is 10.0 Å². The van der Waals surface area contributed by atoms with Crippen LogP contribution in [0.25, 0.3) is 0 Å². The Morgan fingerprint density at radius 2 is 1.78 bits per heavy atom. The van der Waals surface area contributed by atoms with Gasteiger partial charge in [0.2, 0.25) is 0 Å². The Morgan fingerprint density at radius 1 is 1.13 bits per heavy atom. The van der Waals surface area contributed by atoms with Gasteiger partial charge < -0.3 is 9.47 Å². The average Bonchev–Trinajstić information content (AvgIpc) is 2.56. The maximum absolute atomic E-state index is 12.4. The molecule has 0 spiro atoms. The molecule has 0 fully saturated rings. The second-order valence-corrected chi connectivity index (χ2v) is 6.52. The Bertz CT molecular complexity index is 876. The molecule has 8 heteroatoms. The highest BCUT2D eigenvalue weighted by atomic mass is 35.5. The highest BCUT2D eigenvalue weighted by molar-refractivity contribution is 7.92. The molecule has 2 aromatic rings. The van der Waals surface area contributed by atoms with E-state index in [0.717, 1.165) is 0 Å². The number of hydrogen-bond donors (Lipinski definition) is 1. The van der Waals surface area contributed by atoms with E-state index < -0.39 is 10.0 Å². The van der Waals surface area contributed by atoms with Crippen molar-refractivity contribution in [2.45, 2.75) is 4.90 Å². The van der Waals surface area contributed by atoms with Gasteiger partial charge in [-0.25, -0.2) is 8.42 Å². The molecule has 0 amide bonds. The smallest absolute Gasteiger partial charge is 0.261 e. The lowest BCUT2D eigenvalue weighted by Crippen LogP contribution is -2.13. The van der Waals surface area contributed by atoms with Crippen molar-refractivity contribution in [2.24, 2.45) is 0 Å². The molecule has 0 radical (unpaired) electrons. The van der Waals surface area contributed by atoms with Crippen LogP contribution < -0.4 is 14.2 Å². The molecule has 0 bridgehead atoms. The first kappa shape index (κ1) is 16.9. The van der Waals surface area contributed by atoms with Crippen molar-refractivity contribution in [1.82, 2.24) is 0 Å².